The van der Waals surface area contributed by atoms with Crippen LogP contribution in [0.1, 0.15) is 43.7 Å². The molecule has 43 heavy (non-hydrogen) atoms. The summed E-state index contributed by atoms with van der Waals surface area (Å²) in [5, 5.41) is 12.4. The molecule has 0 saturated carbocycles. The van der Waals surface area contributed by atoms with Crippen molar-refractivity contribution in [3.05, 3.63) is 77.9 Å². The van der Waals surface area contributed by atoms with E-state index in [2.05, 4.69) is 0 Å². The highest BCUT2D eigenvalue weighted by Crippen LogP contribution is 2.53. The van der Waals surface area contributed by atoms with Gasteiger partial charge in [0.1, 0.15) is 11.4 Å². The fourth-order valence-electron chi connectivity index (χ4n) is 6.85. The molecule has 0 unspecified atom stereocenters. The van der Waals surface area contributed by atoms with E-state index < -0.39 is 37.4 Å². The van der Waals surface area contributed by atoms with E-state index in [1.165, 1.54) is 12.0 Å². The molecular weight excluding hydrogens is 562 g/mol. The van der Waals surface area contributed by atoms with Crippen LogP contribution < -0.4 is 4.74 Å². The topological polar surface area (TPSA) is 94.5 Å². The van der Waals surface area contributed by atoms with Crippen LogP contribution in [0.5, 0.6) is 5.75 Å². The average molecular weight is 610 g/mol. The number of esters is 1. The first-order valence-electron chi connectivity index (χ1n) is 15.2. The van der Waals surface area contributed by atoms with Gasteiger partial charge in [-0.1, -0.05) is 54.6 Å². The minimum absolute atomic E-state index is 0.0947. The van der Waals surface area contributed by atoms with Gasteiger partial charge in [0, 0.05) is 19.1 Å². The number of amides is 1. The number of rotatable bonds is 13. The summed E-state index contributed by atoms with van der Waals surface area (Å²) in [7, 11) is 0.494. The van der Waals surface area contributed by atoms with E-state index >= 15 is 0 Å². The number of carbonyl (C=O) groups is 2. The molecule has 1 aliphatic carbocycles. The van der Waals surface area contributed by atoms with Gasteiger partial charge in [-0.3, -0.25) is 4.79 Å². The molecule has 0 aromatic heterocycles. The van der Waals surface area contributed by atoms with E-state index in [1.807, 2.05) is 93.3 Å². The second kappa shape index (κ2) is 13.8. The third-order valence-corrected chi connectivity index (χ3v) is 9.75. The molecule has 1 heterocycles. The number of likely N-dealkylation sites (tertiary alicyclic amines) is 1. The highest BCUT2D eigenvalue weighted by molar-refractivity contribution is 6.69. The van der Waals surface area contributed by atoms with Crippen LogP contribution in [-0.2, 0) is 36.6 Å². The Hall–Kier alpha value is -2.98. The number of methoxy groups -OCH3 is 2. The van der Waals surface area contributed by atoms with E-state index in [-0.39, 0.29) is 25.0 Å². The second-order valence-electron chi connectivity index (χ2n) is 12.7. The van der Waals surface area contributed by atoms with Gasteiger partial charge in [-0.25, -0.2) is 4.79 Å². The minimum atomic E-state index is -2.42. The van der Waals surface area contributed by atoms with Crippen LogP contribution >= 0.6 is 0 Å². The molecule has 1 amide bonds. The van der Waals surface area contributed by atoms with Crippen LogP contribution in [-0.4, -0.2) is 68.3 Å². The van der Waals surface area contributed by atoms with Crippen molar-refractivity contribution in [3.8, 4) is 5.75 Å². The van der Waals surface area contributed by atoms with Gasteiger partial charge in [0.15, 0.2) is 13.9 Å². The fourth-order valence-corrected chi connectivity index (χ4v) is 8.42. The van der Waals surface area contributed by atoms with Crippen LogP contribution in [0.3, 0.4) is 0 Å². The molecule has 1 saturated heterocycles. The molecule has 2 aliphatic rings. The molecule has 8 nitrogen and oxygen atoms in total. The molecule has 2 aromatic rings. The Balaban J connectivity index is 1.81. The Bertz CT molecular complexity index is 1260. The van der Waals surface area contributed by atoms with Gasteiger partial charge in [0.05, 0.1) is 32.8 Å². The molecule has 0 bridgehead atoms. The van der Waals surface area contributed by atoms with E-state index in [0.29, 0.717) is 25.2 Å². The third-order valence-electron chi connectivity index (χ3n) is 8.71. The number of hydrogen-bond donors (Lipinski definition) is 1. The monoisotopic (exact) mass is 609 g/mol. The molecule has 1 aliphatic heterocycles. The van der Waals surface area contributed by atoms with Crippen molar-refractivity contribution in [3.63, 3.8) is 0 Å². The Morgan fingerprint density at radius 3 is 2.35 bits per heavy atom. The summed E-state index contributed by atoms with van der Waals surface area (Å²) in [4.78, 5) is 30.5. The van der Waals surface area contributed by atoms with E-state index in [4.69, 9.17) is 18.6 Å². The molecule has 2 aromatic carbocycles. The Labute approximate surface area is 257 Å². The molecule has 5 atom stereocenters. The van der Waals surface area contributed by atoms with Crippen molar-refractivity contribution < 1.29 is 33.3 Å². The summed E-state index contributed by atoms with van der Waals surface area (Å²) < 4.78 is 23.8. The maximum Gasteiger partial charge on any atom is 0.337 e. The van der Waals surface area contributed by atoms with Crippen molar-refractivity contribution in [2.24, 2.45) is 11.8 Å². The lowest BCUT2D eigenvalue weighted by Gasteiger charge is -2.52. The molecule has 1 N–H and O–H groups in total. The lowest BCUT2D eigenvalue weighted by molar-refractivity contribution is -0.188. The average Bonchev–Trinajstić information content (AvgIpc) is 3.17. The number of hydrogen-bond acceptors (Lipinski definition) is 7. The molecule has 0 radical (unpaired) electrons. The zero-order valence-electron chi connectivity index (χ0n) is 26.4. The van der Waals surface area contributed by atoms with E-state index in [9.17, 15) is 14.7 Å². The van der Waals surface area contributed by atoms with Gasteiger partial charge in [-0.05, 0) is 75.5 Å². The predicted octanol–water partition coefficient (Wildman–Crippen LogP) is 5.50. The summed E-state index contributed by atoms with van der Waals surface area (Å²) in [5.74, 6) is -1.35. The van der Waals surface area contributed by atoms with Gasteiger partial charge in [0.2, 0.25) is 5.91 Å². The molecule has 234 valence electrons. The first kappa shape index (κ1) is 32.9. The van der Waals surface area contributed by atoms with Crippen molar-refractivity contribution in [1.82, 2.24) is 4.90 Å². The number of aliphatic hydroxyl groups is 1. The maximum absolute atomic E-state index is 14.7. The number of carbonyl (C=O) groups excluding carboxylic acids is 2. The fraction of sp³-hybridized carbons (Fsp3) is 0.529. The van der Waals surface area contributed by atoms with Gasteiger partial charge >= 0.3 is 5.97 Å². The Kier molecular flexibility index (Phi) is 10.5. The quantitative estimate of drug-likeness (QED) is 0.139. The first-order valence-corrected chi connectivity index (χ1v) is 18.6. The zero-order chi connectivity index (χ0) is 31.3. The van der Waals surface area contributed by atoms with Gasteiger partial charge in [-0.15, -0.1) is 0 Å². The highest BCUT2D eigenvalue weighted by Gasteiger charge is 2.75. The molecule has 4 rings (SSSR count). The lowest BCUT2D eigenvalue weighted by Crippen LogP contribution is -2.73. The normalized spacial score (nSPS) is 26.4. The Morgan fingerprint density at radius 2 is 1.77 bits per heavy atom. The summed E-state index contributed by atoms with van der Waals surface area (Å²) in [5.41, 5.74) is -1.36. The summed E-state index contributed by atoms with van der Waals surface area (Å²) in [6.07, 6.45) is 5.55. The van der Waals surface area contributed by atoms with Crippen LogP contribution in [0.2, 0.25) is 19.6 Å². The van der Waals surface area contributed by atoms with Crippen molar-refractivity contribution >= 4 is 20.2 Å². The Morgan fingerprint density at radius 1 is 1.07 bits per heavy atom. The van der Waals surface area contributed by atoms with E-state index in [1.54, 1.807) is 7.11 Å². The smallest absolute Gasteiger partial charge is 0.337 e. The maximum atomic E-state index is 14.7. The third kappa shape index (κ3) is 6.75. The first-order chi connectivity index (χ1) is 20.5. The second-order valence-corrected chi connectivity index (χ2v) is 17.1. The van der Waals surface area contributed by atoms with Crippen LogP contribution in [0.25, 0.3) is 0 Å². The number of nitrogens with zero attached hydrogens (tertiary/aromatic N) is 1. The summed E-state index contributed by atoms with van der Waals surface area (Å²) in [6, 6.07) is 17.2. The van der Waals surface area contributed by atoms with Gasteiger partial charge in [0.25, 0.3) is 0 Å². The minimum Gasteiger partial charge on any atom is -0.497 e. The molecule has 9 heteroatoms. The van der Waals surface area contributed by atoms with Crippen molar-refractivity contribution in [1.29, 1.82) is 0 Å². The molecular formula is C34H47NO7Si. The van der Waals surface area contributed by atoms with E-state index in [0.717, 1.165) is 24.0 Å². The molecule has 0 spiro atoms. The lowest BCUT2D eigenvalue weighted by atomic mass is 9.67. The SMILES string of the molecule is COC(=O)[C@]1([C@@H](O)[C@H]2C=CCCC2)N(Cc2ccc(OC)cc2)C(=O)[C@H](CCOCc2ccccc2)[C@]1(C)O[Si](C)(C)C. The van der Waals surface area contributed by atoms with Crippen LogP contribution in [0.4, 0.5) is 0 Å². The van der Waals surface area contributed by atoms with Crippen molar-refractivity contribution in [2.75, 3.05) is 20.8 Å². The summed E-state index contributed by atoms with van der Waals surface area (Å²) in [6.45, 7) is 8.71. The standard InChI is InChI=1S/C34H47NO7Si/c1-33(42-43(4,5)6)29(21-22-41-24-26-13-9-7-10-14-26)31(37)35(23-25-17-19-28(39-2)20-18-25)34(33,32(38)40-3)30(36)27-15-11-8-12-16-27/h7,9-11,13-15,17-20,27,29-30,36H,8,12,16,21-24H2,1-6H3/t27-,29-,30-,33-,34-/m0/s1. The van der Waals surface area contributed by atoms with Gasteiger partial charge in [-0.2, -0.15) is 0 Å². The molecule has 1 fully saturated rings. The number of aliphatic hydroxyl groups excluding tert-OH is 1. The van der Waals surface area contributed by atoms with Crippen molar-refractivity contribution in [2.45, 2.75) is 82.6 Å². The van der Waals surface area contributed by atoms with Crippen LogP contribution in [0.15, 0.2) is 66.7 Å². The predicted molar refractivity (Wildman–Crippen MR) is 168 cm³/mol. The zero-order valence-corrected chi connectivity index (χ0v) is 27.4. The highest BCUT2D eigenvalue weighted by atomic mass is 28.4. The van der Waals surface area contributed by atoms with Crippen LogP contribution in [0, 0.1) is 11.8 Å². The van der Waals surface area contributed by atoms with Gasteiger partial charge < -0.3 is 28.6 Å². The summed E-state index contributed by atoms with van der Waals surface area (Å²) >= 11 is 0. The number of ether oxygens (including phenoxy) is 3. The number of allylic oxidation sites excluding steroid dienone is 1. The number of benzene rings is 2. The largest absolute Gasteiger partial charge is 0.497 e.